The van der Waals surface area contributed by atoms with Crippen LogP contribution in [0.1, 0.15) is 10.4 Å². The van der Waals surface area contributed by atoms with Crippen LogP contribution in [0.5, 0.6) is 0 Å². The molecule has 3 heterocycles. The van der Waals surface area contributed by atoms with Gasteiger partial charge in [-0.1, -0.05) is 0 Å². The first-order valence-electron chi connectivity index (χ1n) is 9.26. The van der Waals surface area contributed by atoms with E-state index >= 15 is 0 Å². The number of halogens is 2. The summed E-state index contributed by atoms with van der Waals surface area (Å²) in [5.41, 5.74) is 0.893. The lowest BCUT2D eigenvalue weighted by Crippen LogP contribution is -2.49. The molecule has 9 heteroatoms. The van der Waals surface area contributed by atoms with E-state index in [4.69, 9.17) is 4.74 Å². The molecule has 0 saturated carbocycles. The first kappa shape index (κ1) is 18.5. The van der Waals surface area contributed by atoms with Gasteiger partial charge in [0, 0.05) is 51.4 Å². The van der Waals surface area contributed by atoms with Crippen LogP contribution in [0, 0.1) is 11.6 Å². The molecule has 148 valence electrons. The van der Waals surface area contributed by atoms with Crippen molar-refractivity contribution in [3.05, 3.63) is 47.7 Å². The number of ether oxygens (including phenoxy) is 1. The number of carbonyl (C=O) groups is 1. The quantitative estimate of drug-likeness (QED) is 0.794. The second kappa shape index (κ2) is 8.05. The van der Waals surface area contributed by atoms with Crippen molar-refractivity contribution in [2.24, 2.45) is 0 Å². The molecule has 2 aliphatic heterocycles. The summed E-state index contributed by atoms with van der Waals surface area (Å²) in [6.45, 7) is 5.01. The molecule has 2 aromatic rings. The number of piperazine rings is 1. The van der Waals surface area contributed by atoms with Crippen LogP contribution in [0.25, 0.3) is 0 Å². The largest absolute Gasteiger partial charge is 0.378 e. The van der Waals surface area contributed by atoms with Crippen LogP contribution >= 0.6 is 0 Å². The highest BCUT2D eigenvalue weighted by Crippen LogP contribution is 2.21. The van der Waals surface area contributed by atoms with Gasteiger partial charge in [0.25, 0.3) is 5.91 Å². The van der Waals surface area contributed by atoms with Crippen LogP contribution in [0.15, 0.2) is 30.5 Å². The maximum absolute atomic E-state index is 13.9. The Bertz CT molecular complexity index is 852. The minimum Gasteiger partial charge on any atom is -0.378 e. The molecule has 1 aromatic carbocycles. The summed E-state index contributed by atoms with van der Waals surface area (Å²) in [5.74, 6) is -1.21. The van der Waals surface area contributed by atoms with E-state index in [2.05, 4.69) is 20.0 Å². The average molecular weight is 389 g/mol. The molecule has 2 saturated heterocycles. The van der Waals surface area contributed by atoms with Crippen molar-refractivity contribution in [2.45, 2.75) is 0 Å². The van der Waals surface area contributed by atoms with Gasteiger partial charge in [0.1, 0.15) is 11.6 Å². The minimum atomic E-state index is -0.837. The standard InChI is InChI=1S/C19H21F2N5O2/c20-14-1-2-16(17(21)11-14)19(27)26-5-3-25(4-6-26)18-12-15(13-22-23-18)24-7-9-28-10-8-24/h1-2,11-13H,3-10H2. The van der Waals surface area contributed by atoms with Gasteiger partial charge in [-0.05, 0) is 12.1 Å². The lowest BCUT2D eigenvalue weighted by molar-refractivity contribution is 0.0741. The number of amides is 1. The molecule has 0 spiro atoms. The topological polar surface area (TPSA) is 61.8 Å². The molecule has 0 aliphatic carbocycles. The second-order valence-corrected chi connectivity index (χ2v) is 6.77. The number of anilines is 2. The summed E-state index contributed by atoms with van der Waals surface area (Å²) < 4.78 is 32.3. The lowest BCUT2D eigenvalue weighted by atomic mass is 10.1. The highest BCUT2D eigenvalue weighted by atomic mass is 19.1. The number of rotatable bonds is 3. The Balaban J connectivity index is 1.40. The zero-order valence-corrected chi connectivity index (χ0v) is 15.4. The Morgan fingerprint density at radius 1 is 0.964 bits per heavy atom. The molecule has 0 N–H and O–H groups in total. The number of carbonyl (C=O) groups excluding carboxylic acids is 1. The van der Waals surface area contributed by atoms with Gasteiger partial charge < -0.3 is 19.4 Å². The highest BCUT2D eigenvalue weighted by Gasteiger charge is 2.25. The molecular weight excluding hydrogens is 368 g/mol. The summed E-state index contributed by atoms with van der Waals surface area (Å²) in [7, 11) is 0. The van der Waals surface area contributed by atoms with Crippen molar-refractivity contribution in [3.63, 3.8) is 0 Å². The van der Waals surface area contributed by atoms with Gasteiger partial charge in [-0.15, -0.1) is 5.10 Å². The second-order valence-electron chi connectivity index (χ2n) is 6.77. The molecule has 7 nitrogen and oxygen atoms in total. The zero-order valence-electron chi connectivity index (χ0n) is 15.4. The Labute approximate surface area is 161 Å². The van der Waals surface area contributed by atoms with Gasteiger partial charge in [0.05, 0.1) is 30.7 Å². The molecule has 0 bridgehead atoms. The van der Waals surface area contributed by atoms with E-state index in [9.17, 15) is 13.6 Å². The maximum Gasteiger partial charge on any atom is 0.256 e. The molecule has 4 rings (SSSR count). The number of hydrogen-bond acceptors (Lipinski definition) is 6. The molecule has 0 radical (unpaired) electrons. The third-order valence-corrected chi connectivity index (χ3v) is 5.06. The lowest BCUT2D eigenvalue weighted by Gasteiger charge is -2.36. The average Bonchev–Trinajstić information content (AvgIpc) is 2.74. The third-order valence-electron chi connectivity index (χ3n) is 5.06. The number of aromatic nitrogens is 2. The van der Waals surface area contributed by atoms with E-state index in [1.165, 1.54) is 6.07 Å². The Morgan fingerprint density at radius 3 is 2.43 bits per heavy atom. The van der Waals surface area contributed by atoms with Crippen molar-refractivity contribution in [2.75, 3.05) is 62.3 Å². The third kappa shape index (κ3) is 3.89. The van der Waals surface area contributed by atoms with Crippen LogP contribution < -0.4 is 9.80 Å². The molecule has 0 unspecified atom stereocenters. The van der Waals surface area contributed by atoms with Gasteiger partial charge in [0.2, 0.25) is 0 Å². The first-order chi connectivity index (χ1) is 13.6. The van der Waals surface area contributed by atoms with E-state index in [1.807, 2.05) is 6.07 Å². The first-order valence-corrected chi connectivity index (χ1v) is 9.26. The minimum absolute atomic E-state index is 0.107. The fourth-order valence-corrected chi connectivity index (χ4v) is 3.47. The molecule has 2 fully saturated rings. The molecule has 1 aromatic heterocycles. The van der Waals surface area contributed by atoms with E-state index < -0.39 is 17.5 Å². The number of hydrogen-bond donors (Lipinski definition) is 0. The van der Waals surface area contributed by atoms with Crippen LogP contribution in [-0.4, -0.2) is 73.5 Å². The van der Waals surface area contributed by atoms with Crippen LogP contribution in [-0.2, 0) is 4.74 Å². The van der Waals surface area contributed by atoms with E-state index in [1.54, 1.807) is 11.1 Å². The van der Waals surface area contributed by atoms with Crippen molar-refractivity contribution in [3.8, 4) is 0 Å². The van der Waals surface area contributed by atoms with Crippen LogP contribution in [0.4, 0.5) is 20.3 Å². The fraction of sp³-hybridized carbons (Fsp3) is 0.421. The molecule has 2 aliphatic rings. The maximum atomic E-state index is 13.9. The van der Waals surface area contributed by atoms with Gasteiger partial charge in [-0.3, -0.25) is 4.79 Å². The predicted octanol–water partition coefficient (Wildman–Crippen LogP) is 1.55. The van der Waals surface area contributed by atoms with Gasteiger partial charge in [-0.2, -0.15) is 5.10 Å². The Morgan fingerprint density at radius 2 is 1.71 bits per heavy atom. The smallest absolute Gasteiger partial charge is 0.256 e. The summed E-state index contributed by atoms with van der Waals surface area (Å²) >= 11 is 0. The van der Waals surface area contributed by atoms with Crippen LogP contribution in [0.3, 0.4) is 0 Å². The Kier molecular flexibility index (Phi) is 5.34. The van der Waals surface area contributed by atoms with Crippen molar-refractivity contribution >= 4 is 17.4 Å². The molecular formula is C19H21F2N5O2. The zero-order chi connectivity index (χ0) is 19.5. The summed E-state index contributed by atoms with van der Waals surface area (Å²) in [5, 5.41) is 8.34. The van der Waals surface area contributed by atoms with Crippen molar-refractivity contribution in [1.29, 1.82) is 0 Å². The van der Waals surface area contributed by atoms with E-state index in [-0.39, 0.29) is 5.56 Å². The number of nitrogens with zero attached hydrogens (tertiary/aromatic N) is 5. The Hall–Kier alpha value is -2.81. The summed E-state index contributed by atoms with van der Waals surface area (Å²) in [4.78, 5) is 18.4. The van der Waals surface area contributed by atoms with Gasteiger partial charge >= 0.3 is 0 Å². The monoisotopic (exact) mass is 389 g/mol. The summed E-state index contributed by atoms with van der Waals surface area (Å²) in [6, 6.07) is 5.02. The van der Waals surface area contributed by atoms with Crippen molar-refractivity contribution in [1.82, 2.24) is 15.1 Å². The van der Waals surface area contributed by atoms with Gasteiger partial charge in [-0.25, -0.2) is 8.78 Å². The fourth-order valence-electron chi connectivity index (χ4n) is 3.47. The van der Waals surface area contributed by atoms with E-state index in [0.717, 1.165) is 36.7 Å². The van der Waals surface area contributed by atoms with Crippen LogP contribution in [0.2, 0.25) is 0 Å². The normalized spacial score (nSPS) is 17.7. The highest BCUT2D eigenvalue weighted by molar-refractivity contribution is 5.94. The SMILES string of the molecule is O=C(c1ccc(F)cc1F)N1CCN(c2cc(N3CCOCC3)cnn2)CC1. The van der Waals surface area contributed by atoms with Gasteiger partial charge in [0.15, 0.2) is 5.82 Å². The van der Waals surface area contributed by atoms with E-state index in [0.29, 0.717) is 39.4 Å². The molecule has 28 heavy (non-hydrogen) atoms. The summed E-state index contributed by atoms with van der Waals surface area (Å²) in [6.07, 6.45) is 1.74. The molecule has 1 amide bonds. The number of benzene rings is 1. The predicted molar refractivity (Wildman–Crippen MR) is 99.5 cm³/mol. The molecule has 0 atom stereocenters. The van der Waals surface area contributed by atoms with Crippen molar-refractivity contribution < 1.29 is 18.3 Å². The number of morpholine rings is 1.